The van der Waals surface area contributed by atoms with E-state index in [0.29, 0.717) is 6.61 Å². The molecular formula is C15H16N4O4. The number of aliphatic carboxylic acids is 1. The molecule has 2 aromatic rings. The number of carboxylic acids is 1. The second kappa shape index (κ2) is 6.17. The molecule has 8 heteroatoms. The molecule has 0 saturated carbocycles. The number of carbonyl (C=O) groups excluding carboxylic acids is 1. The molecule has 1 atom stereocenters. The summed E-state index contributed by atoms with van der Waals surface area (Å²) in [6, 6.07) is 6.61. The van der Waals surface area contributed by atoms with Crippen molar-refractivity contribution in [3.63, 3.8) is 0 Å². The van der Waals surface area contributed by atoms with Crippen LogP contribution in [-0.2, 0) is 9.53 Å². The normalized spacial score (nSPS) is 18.0. The Hall–Kier alpha value is -2.74. The van der Waals surface area contributed by atoms with Gasteiger partial charge in [-0.1, -0.05) is 17.3 Å². The number of ether oxygens (including phenoxy) is 1. The molecule has 1 aromatic carbocycles. The zero-order chi connectivity index (χ0) is 16.4. The monoisotopic (exact) mass is 316 g/mol. The summed E-state index contributed by atoms with van der Waals surface area (Å²) in [6.45, 7) is 2.46. The molecule has 3 rings (SSSR count). The highest BCUT2D eigenvalue weighted by Crippen LogP contribution is 2.14. The summed E-state index contributed by atoms with van der Waals surface area (Å²) >= 11 is 0. The molecule has 0 bridgehead atoms. The predicted octanol–water partition coefficient (Wildman–Crippen LogP) is 0.501. The number of nitrogens with zero attached hydrogens (tertiary/aromatic N) is 4. The molecule has 1 amide bonds. The Morgan fingerprint density at radius 1 is 1.39 bits per heavy atom. The van der Waals surface area contributed by atoms with Crippen molar-refractivity contribution < 1.29 is 19.4 Å². The topological polar surface area (TPSA) is 97.5 Å². The molecule has 120 valence electrons. The highest BCUT2D eigenvalue weighted by Gasteiger charge is 2.34. The van der Waals surface area contributed by atoms with Gasteiger partial charge < -0.3 is 14.7 Å². The summed E-state index contributed by atoms with van der Waals surface area (Å²) in [5.41, 5.74) is 1.96. The number of aryl methyl sites for hydroxylation is 1. The van der Waals surface area contributed by atoms with Crippen LogP contribution in [0.2, 0.25) is 0 Å². The van der Waals surface area contributed by atoms with E-state index in [0.717, 1.165) is 11.3 Å². The van der Waals surface area contributed by atoms with Gasteiger partial charge >= 0.3 is 5.97 Å². The molecule has 1 aliphatic heterocycles. The first kappa shape index (κ1) is 15.2. The van der Waals surface area contributed by atoms with Gasteiger partial charge in [0.1, 0.15) is 0 Å². The van der Waals surface area contributed by atoms with Crippen LogP contribution in [0.5, 0.6) is 0 Å². The van der Waals surface area contributed by atoms with E-state index in [2.05, 4.69) is 10.3 Å². The van der Waals surface area contributed by atoms with Gasteiger partial charge in [-0.3, -0.25) is 4.79 Å². The highest BCUT2D eigenvalue weighted by atomic mass is 16.5. The molecule has 1 N–H and O–H groups in total. The van der Waals surface area contributed by atoms with Crippen LogP contribution in [-0.4, -0.2) is 62.7 Å². The molecule has 1 fully saturated rings. The zero-order valence-electron chi connectivity index (χ0n) is 12.5. The van der Waals surface area contributed by atoms with Crippen LogP contribution >= 0.6 is 0 Å². The fourth-order valence-corrected chi connectivity index (χ4v) is 2.46. The first-order valence-electron chi connectivity index (χ1n) is 7.17. The number of carbonyl (C=O) groups is 2. The smallest absolute Gasteiger partial charge is 0.328 e. The fourth-order valence-electron chi connectivity index (χ4n) is 2.46. The van der Waals surface area contributed by atoms with E-state index in [4.69, 9.17) is 4.74 Å². The van der Waals surface area contributed by atoms with E-state index in [1.54, 1.807) is 0 Å². The summed E-state index contributed by atoms with van der Waals surface area (Å²) < 4.78 is 6.63. The van der Waals surface area contributed by atoms with Crippen LogP contribution in [0.1, 0.15) is 16.1 Å². The molecule has 1 aromatic heterocycles. The quantitative estimate of drug-likeness (QED) is 0.885. The van der Waals surface area contributed by atoms with E-state index < -0.39 is 17.9 Å². The van der Waals surface area contributed by atoms with Gasteiger partial charge in [0.05, 0.1) is 25.1 Å². The Morgan fingerprint density at radius 3 is 2.96 bits per heavy atom. The van der Waals surface area contributed by atoms with Gasteiger partial charge in [0.15, 0.2) is 11.7 Å². The third kappa shape index (κ3) is 3.07. The number of rotatable bonds is 3. The van der Waals surface area contributed by atoms with E-state index in [1.165, 1.54) is 15.8 Å². The van der Waals surface area contributed by atoms with Gasteiger partial charge in [-0.25, -0.2) is 9.48 Å². The lowest BCUT2D eigenvalue weighted by atomic mass is 10.2. The predicted molar refractivity (Wildman–Crippen MR) is 79.4 cm³/mol. The lowest BCUT2D eigenvalue weighted by Gasteiger charge is -2.32. The summed E-state index contributed by atoms with van der Waals surface area (Å²) in [5, 5.41) is 17.0. The van der Waals surface area contributed by atoms with Crippen LogP contribution in [0.15, 0.2) is 30.5 Å². The third-order valence-corrected chi connectivity index (χ3v) is 3.65. The number of morpholine rings is 1. The first-order chi connectivity index (χ1) is 11.1. The maximum absolute atomic E-state index is 12.5. The molecule has 1 saturated heterocycles. The maximum Gasteiger partial charge on any atom is 0.328 e. The van der Waals surface area contributed by atoms with Crippen molar-refractivity contribution in [1.82, 2.24) is 19.9 Å². The van der Waals surface area contributed by atoms with E-state index in [9.17, 15) is 14.7 Å². The summed E-state index contributed by atoms with van der Waals surface area (Å²) in [7, 11) is 0. The van der Waals surface area contributed by atoms with Crippen LogP contribution in [0.3, 0.4) is 0 Å². The maximum atomic E-state index is 12.5. The van der Waals surface area contributed by atoms with Gasteiger partial charge in [-0.2, -0.15) is 0 Å². The molecule has 0 spiro atoms. The number of hydrogen-bond donors (Lipinski definition) is 1. The summed E-state index contributed by atoms with van der Waals surface area (Å²) in [6.07, 6.45) is 1.51. The second-order valence-electron chi connectivity index (χ2n) is 5.31. The van der Waals surface area contributed by atoms with E-state index in [1.807, 2.05) is 31.2 Å². The molecule has 23 heavy (non-hydrogen) atoms. The molecule has 1 aliphatic rings. The van der Waals surface area contributed by atoms with Crippen molar-refractivity contribution in [1.29, 1.82) is 0 Å². The molecule has 8 nitrogen and oxygen atoms in total. The van der Waals surface area contributed by atoms with Gasteiger partial charge in [0.2, 0.25) is 0 Å². The minimum atomic E-state index is -1.09. The van der Waals surface area contributed by atoms with Crippen LogP contribution in [0.4, 0.5) is 0 Å². The number of aromatic nitrogens is 3. The SMILES string of the molecule is Cc1cccc(-n2cc(C(=O)N3CCOCC3C(=O)O)nn2)c1. The van der Waals surface area contributed by atoms with Crippen molar-refractivity contribution >= 4 is 11.9 Å². The average molecular weight is 316 g/mol. The Labute approximate surface area is 132 Å². The first-order valence-corrected chi connectivity index (χ1v) is 7.17. The number of carboxylic acid groups (broad SMARTS) is 1. The van der Waals surface area contributed by atoms with Crippen molar-refractivity contribution in [3.05, 3.63) is 41.7 Å². The van der Waals surface area contributed by atoms with Crippen LogP contribution < -0.4 is 0 Å². The van der Waals surface area contributed by atoms with Crippen molar-refractivity contribution in [2.45, 2.75) is 13.0 Å². The van der Waals surface area contributed by atoms with Gasteiger partial charge in [0.25, 0.3) is 5.91 Å². The Morgan fingerprint density at radius 2 is 2.22 bits per heavy atom. The van der Waals surface area contributed by atoms with E-state index >= 15 is 0 Å². The summed E-state index contributed by atoms with van der Waals surface area (Å²) in [4.78, 5) is 25.0. The van der Waals surface area contributed by atoms with Gasteiger partial charge in [-0.15, -0.1) is 5.10 Å². The molecule has 0 aliphatic carbocycles. The lowest BCUT2D eigenvalue weighted by Crippen LogP contribution is -2.52. The van der Waals surface area contributed by atoms with Gasteiger partial charge in [0, 0.05) is 6.54 Å². The minimum Gasteiger partial charge on any atom is -0.480 e. The molecule has 2 heterocycles. The summed E-state index contributed by atoms with van der Waals surface area (Å²) in [5.74, 6) is -1.55. The van der Waals surface area contributed by atoms with Crippen molar-refractivity contribution in [2.24, 2.45) is 0 Å². The molecule has 0 radical (unpaired) electrons. The Bertz CT molecular complexity index is 743. The van der Waals surface area contributed by atoms with Gasteiger partial charge in [-0.05, 0) is 24.6 Å². The molecule has 1 unspecified atom stereocenters. The van der Waals surface area contributed by atoms with Crippen LogP contribution in [0.25, 0.3) is 5.69 Å². The lowest BCUT2D eigenvalue weighted by molar-refractivity contribution is -0.147. The standard InChI is InChI=1S/C15H16N4O4/c1-10-3-2-4-11(7-10)19-8-12(16-17-19)14(20)18-5-6-23-9-13(18)15(21)22/h2-4,7-8,13H,5-6,9H2,1H3,(H,21,22). The van der Waals surface area contributed by atoms with Crippen molar-refractivity contribution in [2.75, 3.05) is 19.8 Å². The second-order valence-corrected chi connectivity index (χ2v) is 5.31. The number of benzene rings is 1. The number of amides is 1. The van der Waals surface area contributed by atoms with Crippen molar-refractivity contribution in [3.8, 4) is 5.69 Å². The number of hydrogen-bond acceptors (Lipinski definition) is 5. The average Bonchev–Trinajstić information content (AvgIpc) is 3.04. The fraction of sp³-hybridized carbons (Fsp3) is 0.333. The van der Waals surface area contributed by atoms with Crippen LogP contribution in [0, 0.1) is 6.92 Å². The molecular weight excluding hydrogens is 300 g/mol. The zero-order valence-corrected chi connectivity index (χ0v) is 12.5. The Balaban J connectivity index is 1.84. The third-order valence-electron chi connectivity index (χ3n) is 3.65. The minimum absolute atomic E-state index is 0.0207. The Kier molecular flexibility index (Phi) is 4.07. The highest BCUT2D eigenvalue weighted by molar-refractivity contribution is 5.95. The largest absolute Gasteiger partial charge is 0.480 e. The van der Waals surface area contributed by atoms with E-state index in [-0.39, 0.29) is 18.8 Å².